The standard InChI is InChI=1S/C28H28N2O3S/c1-19(31)20-9-7-12-22(17-20)30(26(32)18-23-13-8-16-34-23)27-24-14-5-6-15-25(24)29(28(27)33)21-10-3-2-4-11-21/h5-9,12-17,21,27H,2-4,10-11,18H2,1H3. The van der Waals surface area contributed by atoms with Crippen molar-refractivity contribution in [3.05, 3.63) is 82.0 Å². The third-order valence-electron chi connectivity index (χ3n) is 6.87. The number of amides is 2. The number of nitrogens with zero attached hydrogens (tertiary/aromatic N) is 2. The Morgan fingerprint density at radius 1 is 1.00 bits per heavy atom. The van der Waals surface area contributed by atoms with Crippen LogP contribution >= 0.6 is 11.3 Å². The highest BCUT2D eigenvalue weighted by atomic mass is 32.1. The van der Waals surface area contributed by atoms with E-state index in [2.05, 4.69) is 0 Å². The van der Waals surface area contributed by atoms with Crippen molar-refractivity contribution in [2.75, 3.05) is 9.80 Å². The van der Waals surface area contributed by atoms with E-state index >= 15 is 0 Å². The van der Waals surface area contributed by atoms with Gasteiger partial charge in [-0.1, -0.05) is 55.7 Å². The lowest BCUT2D eigenvalue weighted by Gasteiger charge is -2.33. The van der Waals surface area contributed by atoms with Crippen LogP contribution in [0.25, 0.3) is 0 Å². The highest BCUT2D eigenvalue weighted by molar-refractivity contribution is 7.10. The summed E-state index contributed by atoms with van der Waals surface area (Å²) < 4.78 is 0. The van der Waals surface area contributed by atoms with E-state index in [-0.39, 0.29) is 30.1 Å². The van der Waals surface area contributed by atoms with Gasteiger partial charge in [-0.3, -0.25) is 19.3 Å². The lowest BCUT2D eigenvalue weighted by Crippen LogP contribution is -2.45. The second-order valence-corrected chi connectivity index (χ2v) is 10.1. The minimum atomic E-state index is -0.743. The van der Waals surface area contributed by atoms with E-state index in [0.717, 1.165) is 41.8 Å². The molecule has 1 aliphatic heterocycles. The van der Waals surface area contributed by atoms with Gasteiger partial charge in [-0.15, -0.1) is 11.3 Å². The van der Waals surface area contributed by atoms with Gasteiger partial charge in [0.1, 0.15) is 6.04 Å². The molecule has 0 N–H and O–H groups in total. The second-order valence-electron chi connectivity index (χ2n) is 9.09. The highest BCUT2D eigenvalue weighted by Crippen LogP contribution is 2.44. The van der Waals surface area contributed by atoms with Crippen molar-refractivity contribution >= 4 is 40.3 Å². The molecule has 2 aliphatic rings. The molecule has 2 heterocycles. The maximum atomic E-state index is 14.1. The summed E-state index contributed by atoms with van der Waals surface area (Å²) in [5.41, 5.74) is 2.86. The predicted octanol–water partition coefficient (Wildman–Crippen LogP) is 5.95. The van der Waals surface area contributed by atoms with Crippen LogP contribution in [0.4, 0.5) is 11.4 Å². The smallest absolute Gasteiger partial charge is 0.255 e. The maximum absolute atomic E-state index is 14.1. The Kier molecular flexibility index (Phi) is 6.33. The van der Waals surface area contributed by atoms with E-state index in [1.165, 1.54) is 24.7 Å². The minimum Gasteiger partial charge on any atom is -0.307 e. The van der Waals surface area contributed by atoms with E-state index < -0.39 is 6.04 Å². The van der Waals surface area contributed by atoms with Gasteiger partial charge < -0.3 is 4.90 Å². The van der Waals surface area contributed by atoms with Crippen LogP contribution in [0.15, 0.2) is 66.0 Å². The average Bonchev–Trinajstić information content (AvgIpc) is 3.46. The molecule has 174 valence electrons. The number of thiophene rings is 1. The van der Waals surface area contributed by atoms with Crippen molar-refractivity contribution in [3.63, 3.8) is 0 Å². The van der Waals surface area contributed by atoms with Crippen LogP contribution in [0, 0.1) is 0 Å². The van der Waals surface area contributed by atoms with E-state index in [0.29, 0.717) is 11.3 Å². The molecule has 1 saturated carbocycles. The van der Waals surface area contributed by atoms with Crippen molar-refractivity contribution in [1.82, 2.24) is 0 Å². The van der Waals surface area contributed by atoms with Crippen molar-refractivity contribution < 1.29 is 14.4 Å². The quantitative estimate of drug-likeness (QED) is 0.417. The van der Waals surface area contributed by atoms with E-state index in [1.807, 2.05) is 52.7 Å². The van der Waals surface area contributed by atoms with Crippen LogP contribution in [-0.2, 0) is 16.0 Å². The summed E-state index contributed by atoms with van der Waals surface area (Å²) in [4.78, 5) is 44.5. The summed E-state index contributed by atoms with van der Waals surface area (Å²) in [7, 11) is 0. The zero-order chi connectivity index (χ0) is 23.7. The molecular weight excluding hydrogens is 444 g/mol. The number of carbonyl (C=O) groups excluding carboxylic acids is 3. The first-order chi connectivity index (χ1) is 16.5. The molecule has 6 heteroatoms. The highest BCUT2D eigenvalue weighted by Gasteiger charge is 2.45. The normalized spacial score (nSPS) is 18.1. The molecule has 0 radical (unpaired) electrons. The molecule has 1 unspecified atom stereocenters. The molecule has 1 aliphatic carbocycles. The van der Waals surface area contributed by atoms with E-state index in [4.69, 9.17) is 0 Å². The van der Waals surface area contributed by atoms with Crippen LogP contribution in [0.3, 0.4) is 0 Å². The molecule has 3 aromatic rings. The minimum absolute atomic E-state index is 0.0548. The molecule has 1 aromatic heterocycles. The van der Waals surface area contributed by atoms with Crippen LogP contribution < -0.4 is 9.80 Å². The molecule has 5 nitrogen and oxygen atoms in total. The lowest BCUT2D eigenvalue weighted by molar-refractivity contribution is -0.124. The molecule has 1 fully saturated rings. The first-order valence-electron chi connectivity index (χ1n) is 11.9. The Bertz CT molecular complexity index is 1210. The average molecular weight is 473 g/mol. The number of Topliss-reactive ketones (excluding diaryl/α,β-unsaturated/α-hetero) is 1. The summed E-state index contributed by atoms with van der Waals surface area (Å²) in [5.74, 6) is -0.280. The van der Waals surface area contributed by atoms with Crippen molar-refractivity contribution in [2.24, 2.45) is 0 Å². The SMILES string of the molecule is CC(=O)c1cccc(N(C(=O)Cc2cccs2)C2C(=O)N(C3CCCCC3)c3ccccc32)c1. The monoisotopic (exact) mass is 472 g/mol. The third-order valence-corrected chi connectivity index (χ3v) is 7.74. The zero-order valence-corrected chi connectivity index (χ0v) is 20.1. The molecule has 5 rings (SSSR count). The predicted molar refractivity (Wildman–Crippen MR) is 135 cm³/mol. The van der Waals surface area contributed by atoms with E-state index in [1.54, 1.807) is 23.1 Å². The largest absolute Gasteiger partial charge is 0.307 e. The summed E-state index contributed by atoms with van der Waals surface area (Å²) >= 11 is 1.53. The molecule has 0 saturated heterocycles. The zero-order valence-electron chi connectivity index (χ0n) is 19.3. The fraction of sp³-hybridized carbons (Fsp3) is 0.321. The fourth-order valence-electron chi connectivity index (χ4n) is 5.25. The van der Waals surface area contributed by atoms with Gasteiger partial charge in [-0.25, -0.2) is 0 Å². The molecule has 2 amide bonds. The van der Waals surface area contributed by atoms with Gasteiger partial charge in [0.05, 0.1) is 6.42 Å². The molecular formula is C28H28N2O3S. The van der Waals surface area contributed by atoms with Gasteiger partial charge in [0.25, 0.3) is 5.91 Å². The topological polar surface area (TPSA) is 57.7 Å². The summed E-state index contributed by atoms with van der Waals surface area (Å²) in [6, 6.07) is 18.2. The Hall–Kier alpha value is -3.25. The first kappa shape index (κ1) is 22.5. The van der Waals surface area contributed by atoms with Gasteiger partial charge in [0.15, 0.2) is 5.78 Å². The molecule has 34 heavy (non-hydrogen) atoms. The number of benzene rings is 2. The Morgan fingerprint density at radius 3 is 2.53 bits per heavy atom. The summed E-state index contributed by atoms with van der Waals surface area (Å²) in [6.45, 7) is 1.51. The van der Waals surface area contributed by atoms with Gasteiger partial charge in [-0.2, -0.15) is 0 Å². The Balaban J connectivity index is 1.60. The van der Waals surface area contributed by atoms with Gasteiger partial charge in [0, 0.05) is 33.4 Å². The van der Waals surface area contributed by atoms with Gasteiger partial charge in [0.2, 0.25) is 5.91 Å². The van der Waals surface area contributed by atoms with Crippen LogP contribution in [0.1, 0.15) is 65.9 Å². The first-order valence-corrected chi connectivity index (χ1v) is 12.8. The number of fused-ring (bicyclic) bond motifs is 1. The van der Waals surface area contributed by atoms with Gasteiger partial charge >= 0.3 is 0 Å². The number of hydrogen-bond donors (Lipinski definition) is 0. The number of hydrogen-bond acceptors (Lipinski definition) is 4. The van der Waals surface area contributed by atoms with E-state index in [9.17, 15) is 14.4 Å². The molecule has 2 aromatic carbocycles. The van der Waals surface area contributed by atoms with Gasteiger partial charge in [-0.05, 0) is 49.4 Å². The molecule has 1 atom stereocenters. The molecule has 0 spiro atoms. The molecule has 0 bridgehead atoms. The maximum Gasteiger partial charge on any atom is 0.255 e. The summed E-state index contributed by atoms with van der Waals surface area (Å²) in [5, 5.41) is 1.95. The number of rotatable bonds is 6. The third kappa shape index (κ3) is 4.18. The van der Waals surface area contributed by atoms with Crippen LogP contribution in [0.2, 0.25) is 0 Å². The van der Waals surface area contributed by atoms with Crippen LogP contribution in [-0.4, -0.2) is 23.6 Å². The summed E-state index contributed by atoms with van der Waals surface area (Å²) in [6.07, 6.45) is 5.60. The second kappa shape index (κ2) is 9.55. The van der Waals surface area contributed by atoms with Crippen molar-refractivity contribution in [3.8, 4) is 0 Å². The van der Waals surface area contributed by atoms with Crippen LogP contribution in [0.5, 0.6) is 0 Å². The number of carbonyl (C=O) groups is 3. The number of ketones is 1. The number of anilines is 2. The lowest BCUT2D eigenvalue weighted by atomic mass is 9.94. The van der Waals surface area contributed by atoms with Crippen molar-refractivity contribution in [1.29, 1.82) is 0 Å². The Morgan fingerprint density at radius 2 is 1.79 bits per heavy atom. The number of para-hydroxylation sites is 1. The fourth-order valence-corrected chi connectivity index (χ4v) is 5.94. The van der Waals surface area contributed by atoms with Crippen molar-refractivity contribution in [2.45, 2.75) is 57.5 Å². The Labute approximate surface area is 204 Å².